The molecule has 0 aliphatic heterocycles. The van der Waals surface area contributed by atoms with Gasteiger partial charge in [0.05, 0.1) is 28.7 Å². The van der Waals surface area contributed by atoms with Crippen LogP contribution >= 0.6 is 11.6 Å². The van der Waals surface area contributed by atoms with E-state index in [0.717, 1.165) is 16.7 Å². The van der Waals surface area contributed by atoms with Gasteiger partial charge >= 0.3 is 0 Å². The lowest BCUT2D eigenvalue weighted by Gasteiger charge is -2.12. The third-order valence-corrected chi connectivity index (χ3v) is 4.66. The molecule has 3 aromatic carbocycles. The van der Waals surface area contributed by atoms with Crippen LogP contribution in [0.2, 0.25) is 5.02 Å². The summed E-state index contributed by atoms with van der Waals surface area (Å²) in [5, 5.41) is 13.9. The Hall–Kier alpha value is -3.22. The van der Waals surface area contributed by atoms with E-state index in [1.54, 1.807) is 0 Å². The van der Waals surface area contributed by atoms with Gasteiger partial charge in [0.1, 0.15) is 0 Å². The maximum atomic E-state index is 12.5. The van der Waals surface area contributed by atoms with Gasteiger partial charge < -0.3 is 10.1 Å². The summed E-state index contributed by atoms with van der Waals surface area (Å²) < 4.78 is 5.79. The fourth-order valence-corrected chi connectivity index (χ4v) is 3.00. The predicted molar refractivity (Wildman–Crippen MR) is 111 cm³/mol. The summed E-state index contributed by atoms with van der Waals surface area (Å²) in [6, 6.07) is 21.3. The maximum Gasteiger partial charge on any atom is 0.270 e. The van der Waals surface area contributed by atoms with Crippen molar-refractivity contribution < 1.29 is 14.5 Å². The molecular weight excluding hydrogens is 392 g/mol. The molecule has 7 heteroatoms. The maximum absolute atomic E-state index is 12.5. The van der Waals surface area contributed by atoms with Gasteiger partial charge in [0.15, 0.2) is 0 Å². The number of nitro groups is 1. The molecule has 0 aliphatic rings. The standard InChI is InChI=1S/C22H19ClN2O4/c23-21-11-10-19(25(27)28)12-20(21)22(26)24-13-17-8-4-5-9-18(17)15-29-14-16-6-2-1-3-7-16/h1-12H,13-15H2,(H,24,26). The van der Waals surface area contributed by atoms with Crippen LogP contribution in [0.15, 0.2) is 72.8 Å². The number of hydrogen-bond donors (Lipinski definition) is 1. The molecule has 0 fully saturated rings. The number of halogens is 1. The number of hydrogen-bond acceptors (Lipinski definition) is 4. The number of amides is 1. The lowest BCUT2D eigenvalue weighted by Crippen LogP contribution is -2.24. The Morgan fingerprint density at radius 2 is 1.66 bits per heavy atom. The first-order valence-corrected chi connectivity index (χ1v) is 9.33. The molecule has 0 aliphatic carbocycles. The minimum Gasteiger partial charge on any atom is -0.372 e. The zero-order valence-electron chi connectivity index (χ0n) is 15.5. The zero-order valence-corrected chi connectivity index (χ0v) is 16.3. The van der Waals surface area contributed by atoms with Crippen LogP contribution in [-0.2, 0) is 24.5 Å². The Bertz CT molecular complexity index is 1010. The molecule has 148 valence electrons. The lowest BCUT2D eigenvalue weighted by molar-refractivity contribution is -0.384. The number of benzene rings is 3. The van der Waals surface area contributed by atoms with Gasteiger partial charge in [-0.25, -0.2) is 0 Å². The lowest BCUT2D eigenvalue weighted by atomic mass is 10.1. The highest BCUT2D eigenvalue weighted by molar-refractivity contribution is 6.33. The smallest absolute Gasteiger partial charge is 0.270 e. The van der Waals surface area contributed by atoms with E-state index in [0.29, 0.717) is 13.2 Å². The zero-order chi connectivity index (χ0) is 20.6. The van der Waals surface area contributed by atoms with Crippen LogP contribution < -0.4 is 5.32 Å². The molecule has 0 heterocycles. The summed E-state index contributed by atoms with van der Waals surface area (Å²) in [5.41, 5.74) is 2.82. The third-order valence-electron chi connectivity index (χ3n) is 4.33. The van der Waals surface area contributed by atoms with Gasteiger partial charge in [-0.05, 0) is 22.8 Å². The van der Waals surface area contributed by atoms with E-state index in [2.05, 4.69) is 5.32 Å². The second kappa shape index (κ2) is 9.82. The largest absolute Gasteiger partial charge is 0.372 e. The van der Waals surface area contributed by atoms with Gasteiger partial charge in [0, 0.05) is 18.7 Å². The normalized spacial score (nSPS) is 10.5. The third kappa shape index (κ3) is 5.63. The Morgan fingerprint density at radius 3 is 2.38 bits per heavy atom. The molecule has 0 unspecified atom stereocenters. The van der Waals surface area contributed by atoms with Crippen molar-refractivity contribution in [1.82, 2.24) is 5.32 Å². The summed E-state index contributed by atoms with van der Waals surface area (Å²) in [5.74, 6) is -0.473. The highest BCUT2D eigenvalue weighted by Crippen LogP contribution is 2.22. The molecule has 1 amide bonds. The Morgan fingerprint density at radius 1 is 0.966 bits per heavy atom. The Kier molecular flexibility index (Phi) is 6.94. The van der Waals surface area contributed by atoms with Crippen LogP contribution in [-0.4, -0.2) is 10.8 Å². The van der Waals surface area contributed by atoms with Gasteiger partial charge in [-0.2, -0.15) is 0 Å². The van der Waals surface area contributed by atoms with Crippen molar-refractivity contribution in [3.8, 4) is 0 Å². The van der Waals surface area contributed by atoms with Crippen molar-refractivity contribution in [3.63, 3.8) is 0 Å². The highest BCUT2D eigenvalue weighted by atomic mass is 35.5. The summed E-state index contributed by atoms with van der Waals surface area (Å²) in [4.78, 5) is 22.8. The second-order valence-electron chi connectivity index (χ2n) is 6.35. The molecule has 0 saturated carbocycles. The van der Waals surface area contributed by atoms with Crippen molar-refractivity contribution in [1.29, 1.82) is 0 Å². The second-order valence-corrected chi connectivity index (χ2v) is 6.76. The summed E-state index contributed by atoms with van der Waals surface area (Å²) in [6.07, 6.45) is 0. The number of nitrogens with zero attached hydrogens (tertiary/aromatic N) is 1. The minimum atomic E-state index is -0.563. The topological polar surface area (TPSA) is 81.5 Å². The number of nitrogens with one attached hydrogen (secondary N) is 1. The average molecular weight is 411 g/mol. The van der Waals surface area contributed by atoms with Crippen LogP contribution in [0, 0.1) is 10.1 Å². The SMILES string of the molecule is O=C(NCc1ccccc1COCc1ccccc1)c1cc([N+](=O)[O-])ccc1Cl. The number of carbonyl (C=O) groups is 1. The van der Waals surface area contributed by atoms with Crippen LogP contribution in [0.3, 0.4) is 0 Å². The average Bonchev–Trinajstić information content (AvgIpc) is 2.73. The van der Waals surface area contributed by atoms with E-state index < -0.39 is 10.8 Å². The van der Waals surface area contributed by atoms with Crippen LogP contribution in [0.4, 0.5) is 5.69 Å². The molecule has 0 saturated heterocycles. The van der Waals surface area contributed by atoms with Gasteiger partial charge in [-0.15, -0.1) is 0 Å². The molecule has 6 nitrogen and oxygen atoms in total. The first-order chi connectivity index (χ1) is 14.0. The van der Waals surface area contributed by atoms with Crippen LogP contribution in [0.25, 0.3) is 0 Å². The molecule has 0 atom stereocenters. The van der Waals surface area contributed by atoms with Crippen molar-refractivity contribution in [2.24, 2.45) is 0 Å². The van der Waals surface area contributed by atoms with Gasteiger partial charge in [0.25, 0.3) is 11.6 Å². The Balaban J connectivity index is 1.63. The van der Waals surface area contributed by atoms with Crippen LogP contribution in [0.5, 0.6) is 0 Å². The van der Waals surface area contributed by atoms with Gasteiger partial charge in [0.2, 0.25) is 0 Å². The fourth-order valence-electron chi connectivity index (χ4n) is 2.80. The molecule has 0 spiro atoms. The molecule has 29 heavy (non-hydrogen) atoms. The summed E-state index contributed by atoms with van der Waals surface area (Å²) in [6.45, 7) is 1.14. The molecular formula is C22H19ClN2O4. The van der Waals surface area contributed by atoms with E-state index in [-0.39, 0.29) is 22.8 Å². The van der Waals surface area contributed by atoms with E-state index in [9.17, 15) is 14.9 Å². The molecule has 0 bridgehead atoms. The number of nitro benzene ring substituents is 1. The van der Waals surface area contributed by atoms with E-state index in [1.165, 1.54) is 18.2 Å². The van der Waals surface area contributed by atoms with Crippen molar-refractivity contribution in [3.05, 3.63) is 110 Å². The number of non-ortho nitro benzene ring substituents is 1. The summed E-state index contributed by atoms with van der Waals surface area (Å²) >= 11 is 6.03. The van der Waals surface area contributed by atoms with Crippen LogP contribution in [0.1, 0.15) is 27.0 Å². The quantitative estimate of drug-likeness (QED) is 0.423. The van der Waals surface area contributed by atoms with Gasteiger partial charge in [-0.3, -0.25) is 14.9 Å². The number of carbonyl (C=O) groups excluding carboxylic acids is 1. The molecule has 0 aromatic heterocycles. The first-order valence-electron chi connectivity index (χ1n) is 8.95. The molecule has 1 N–H and O–H groups in total. The monoisotopic (exact) mass is 410 g/mol. The predicted octanol–water partition coefficient (Wildman–Crippen LogP) is 4.90. The molecule has 3 rings (SSSR count). The van der Waals surface area contributed by atoms with E-state index in [4.69, 9.17) is 16.3 Å². The number of rotatable bonds is 8. The molecule has 0 radical (unpaired) electrons. The Labute approximate surface area is 173 Å². The van der Waals surface area contributed by atoms with Crippen molar-refractivity contribution >= 4 is 23.2 Å². The van der Waals surface area contributed by atoms with Crippen molar-refractivity contribution in [2.45, 2.75) is 19.8 Å². The minimum absolute atomic E-state index is 0.0682. The number of ether oxygens (including phenoxy) is 1. The first kappa shape index (κ1) is 20.5. The highest BCUT2D eigenvalue weighted by Gasteiger charge is 2.16. The van der Waals surface area contributed by atoms with E-state index in [1.807, 2.05) is 54.6 Å². The van der Waals surface area contributed by atoms with Crippen molar-refractivity contribution in [2.75, 3.05) is 0 Å². The summed E-state index contributed by atoms with van der Waals surface area (Å²) in [7, 11) is 0. The molecule has 3 aromatic rings. The van der Waals surface area contributed by atoms with E-state index >= 15 is 0 Å². The van der Waals surface area contributed by atoms with Gasteiger partial charge in [-0.1, -0.05) is 66.2 Å². The fraction of sp³-hybridized carbons (Fsp3) is 0.136.